The lowest BCUT2D eigenvalue weighted by molar-refractivity contribution is 0.102. The van der Waals surface area contributed by atoms with Crippen LogP contribution in [0.1, 0.15) is 15.9 Å². The monoisotopic (exact) mass is 338 g/mol. The highest BCUT2D eigenvalue weighted by atomic mass is 79.9. The van der Waals surface area contributed by atoms with Gasteiger partial charge in [0.1, 0.15) is 0 Å². The van der Waals surface area contributed by atoms with Crippen LogP contribution in [0.25, 0.3) is 0 Å². The van der Waals surface area contributed by atoms with Gasteiger partial charge in [0.2, 0.25) is 0 Å². The van der Waals surface area contributed by atoms with E-state index < -0.39 is 0 Å². The van der Waals surface area contributed by atoms with Crippen LogP contribution in [-0.2, 0) is 0 Å². The number of anilines is 2. The van der Waals surface area contributed by atoms with Gasteiger partial charge in [-0.15, -0.1) is 0 Å². The van der Waals surface area contributed by atoms with Crippen LogP contribution in [0.4, 0.5) is 11.4 Å². The molecule has 2 aromatic rings. The van der Waals surface area contributed by atoms with Crippen LogP contribution in [0.3, 0.4) is 0 Å². The van der Waals surface area contributed by atoms with Gasteiger partial charge in [-0.25, -0.2) is 0 Å². The predicted octanol–water partition coefficient (Wildman–Crippen LogP) is 4.25. The molecule has 0 unspecified atom stereocenters. The van der Waals surface area contributed by atoms with Gasteiger partial charge < -0.3 is 11.1 Å². The summed E-state index contributed by atoms with van der Waals surface area (Å²) in [5.41, 5.74) is 8.40. The molecular weight excluding hydrogens is 328 g/mol. The smallest absolute Gasteiger partial charge is 0.256 e. The minimum absolute atomic E-state index is 0.254. The topological polar surface area (TPSA) is 55.1 Å². The number of carbonyl (C=O) groups excluding carboxylic acids is 1. The maximum atomic E-state index is 12.2. The molecule has 0 heterocycles. The number of para-hydroxylation sites is 1. The van der Waals surface area contributed by atoms with Crippen molar-refractivity contribution < 1.29 is 4.79 Å². The largest absolute Gasteiger partial charge is 0.397 e. The average molecular weight is 340 g/mol. The van der Waals surface area contributed by atoms with Crippen LogP contribution in [-0.4, -0.2) is 5.91 Å². The van der Waals surface area contributed by atoms with Gasteiger partial charge in [-0.2, -0.15) is 0 Å². The molecule has 0 aliphatic heterocycles. The fourth-order valence-electron chi connectivity index (χ4n) is 1.71. The van der Waals surface area contributed by atoms with Crippen LogP contribution in [0.15, 0.2) is 40.9 Å². The number of carbonyl (C=O) groups is 1. The van der Waals surface area contributed by atoms with Gasteiger partial charge in [0.05, 0.1) is 16.9 Å². The molecule has 2 aromatic carbocycles. The first kappa shape index (κ1) is 13.9. The molecule has 0 atom stereocenters. The Morgan fingerprint density at radius 3 is 2.74 bits per heavy atom. The van der Waals surface area contributed by atoms with Crippen LogP contribution in [0.2, 0.25) is 5.02 Å². The van der Waals surface area contributed by atoms with Crippen LogP contribution >= 0.6 is 27.5 Å². The molecule has 3 N–H and O–H groups in total. The minimum atomic E-state index is -0.254. The lowest BCUT2D eigenvalue weighted by atomic mass is 10.1. The standard InChI is InChI=1S/C14H12BrClN2O/c1-8-3-2-4-12(17)13(8)18-14(19)10-7-9(16)5-6-11(10)15/h2-7H,17H2,1H3,(H,18,19). The highest BCUT2D eigenvalue weighted by Crippen LogP contribution is 2.26. The molecule has 0 aliphatic carbocycles. The number of hydrogen-bond donors (Lipinski definition) is 2. The van der Waals surface area contributed by atoms with E-state index in [4.69, 9.17) is 17.3 Å². The molecule has 19 heavy (non-hydrogen) atoms. The van der Waals surface area contributed by atoms with E-state index in [-0.39, 0.29) is 5.91 Å². The van der Waals surface area contributed by atoms with Crippen molar-refractivity contribution in [2.24, 2.45) is 0 Å². The highest BCUT2D eigenvalue weighted by Gasteiger charge is 2.13. The first-order chi connectivity index (χ1) is 8.99. The molecule has 3 nitrogen and oxygen atoms in total. The van der Waals surface area contributed by atoms with Gasteiger partial charge in [0.25, 0.3) is 5.91 Å². The zero-order valence-corrected chi connectivity index (χ0v) is 12.5. The Kier molecular flexibility index (Phi) is 4.12. The predicted molar refractivity (Wildman–Crippen MR) is 82.7 cm³/mol. The van der Waals surface area contributed by atoms with Gasteiger partial charge in [0.15, 0.2) is 0 Å². The first-order valence-corrected chi connectivity index (χ1v) is 6.77. The number of nitrogens with two attached hydrogens (primary N) is 1. The quantitative estimate of drug-likeness (QED) is 0.804. The minimum Gasteiger partial charge on any atom is -0.397 e. The maximum Gasteiger partial charge on any atom is 0.256 e. The third kappa shape index (κ3) is 3.08. The Bertz CT molecular complexity index is 623. The van der Waals surface area contributed by atoms with Gasteiger partial charge in [-0.1, -0.05) is 23.7 Å². The summed E-state index contributed by atoms with van der Waals surface area (Å²) in [6.45, 7) is 1.89. The molecule has 0 aliphatic rings. The third-order valence-corrected chi connectivity index (χ3v) is 3.64. The summed E-state index contributed by atoms with van der Waals surface area (Å²) in [6, 6.07) is 10.5. The highest BCUT2D eigenvalue weighted by molar-refractivity contribution is 9.10. The van der Waals surface area contributed by atoms with Gasteiger partial charge in [-0.05, 0) is 52.7 Å². The fourth-order valence-corrected chi connectivity index (χ4v) is 2.31. The van der Waals surface area contributed by atoms with Crippen LogP contribution < -0.4 is 11.1 Å². The second kappa shape index (κ2) is 5.63. The zero-order valence-electron chi connectivity index (χ0n) is 10.2. The van der Waals surface area contributed by atoms with Gasteiger partial charge >= 0.3 is 0 Å². The number of nitrogens with one attached hydrogen (secondary N) is 1. The van der Waals surface area contributed by atoms with Crippen molar-refractivity contribution in [1.29, 1.82) is 0 Å². The Balaban J connectivity index is 2.34. The Labute approximate surface area is 124 Å². The molecule has 0 spiro atoms. The summed E-state index contributed by atoms with van der Waals surface area (Å²) >= 11 is 9.23. The summed E-state index contributed by atoms with van der Waals surface area (Å²) in [7, 11) is 0. The molecule has 2 rings (SSSR count). The van der Waals surface area contributed by atoms with Crippen LogP contribution in [0.5, 0.6) is 0 Å². The lowest BCUT2D eigenvalue weighted by Gasteiger charge is -2.12. The van der Waals surface area contributed by atoms with Crippen LogP contribution in [0, 0.1) is 6.92 Å². The van der Waals surface area contributed by atoms with Crippen molar-refractivity contribution in [3.63, 3.8) is 0 Å². The summed E-state index contributed by atoms with van der Waals surface area (Å²) in [4.78, 5) is 12.2. The normalized spacial score (nSPS) is 10.3. The molecule has 98 valence electrons. The van der Waals surface area contributed by atoms with E-state index in [0.29, 0.717) is 26.4 Å². The molecule has 0 fully saturated rings. The molecular formula is C14H12BrClN2O. The number of hydrogen-bond acceptors (Lipinski definition) is 2. The first-order valence-electron chi connectivity index (χ1n) is 5.60. The molecule has 5 heteroatoms. The average Bonchev–Trinajstić information content (AvgIpc) is 2.37. The molecule has 0 aromatic heterocycles. The summed E-state index contributed by atoms with van der Waals surface area (Å²) < 4.78 is 0.682. The van der Waals surface area contributed by atoms with E-state index in [0.717, 1.165) is 5.56 Å². The van der Waals surface area contributed by atoms with Crippen molar-refractivity contribution in [2.75, 3.05) is 11.1 Å². The summed E-state index contributed by atoms with van der Waals surface area (Å²) in [5.74, 6) is -0.254. The molecule has 0 saturated heterocycles. The van der Waals surface area contributed by atoms with Crippen molar-refractivity contribution in [2.45, 2.75) is 6.92 Å². The fraction of sp³-hybridized carbons (Fsp3) is 0.0714. The number of amides is 1. The van der Waals surface area contributed by atoms with Crippen molar-refractivity contribution in [1.82, 2.24) is 0 Å². The van der Waals surface area contributed by atoms with E-state index in [1.54, 1.807) is 24.3 Å². The molecule has 0 bridgehead atoms. The molecule has 0 saturated carbocycles. The van der Waals surface area contributed by atoms with E-state index in [1.165, 1.54) is 0 Å². The molecule has 1 amide bonds. The SMILES string of the molecule is Cc1cccc(N)c1NC(=O)c1cc(Cl)ccc1Br. The number of benzene rings is 2. The Morgan fingerprint density at radius 1 is 1.32 bits per heavy atom. The second-order valence-electron chi connectivity index (χ2n) is 4.12. The van der Waals surface area contributed by atoms with E-state index in [9.17, 15) is 4.79 Å². The number of nitrogen functional groups attached to an aromatic ring is 1. The number of halogens is 2. The van der Waals surface area contributed by atoms with Crippen molar-refractivity contribution in [3.8, 4) is 0 Å². The third-order valence-electron chi connectivity index (χ3n) is 2.72. The molecule has 0 radical (unpaired) electrons. The zero-order chi connectivity index (χ0) is 14.0. The van der Waals surface area contributed by atoms with E-state index >= 15 is 0 Å². The summed E-state index contributed by atoms with van der Waals surface area (Å²) in [5, 5.41) is 3.32. The maximum absolute atomic E-state index is 12.2. The number of rotatable bonds is 2. The second-order valence-corrected chi connectivity index (χ2v) is 5.41. The van der Waals surface area contributed by atoms with E-state index in [2.05, 4.69) is 21.2 Å². The van der Waals surface area contributed by atoms with E-state index in [1.807, 2.05) is 19.1 Å². The summed E-state index contributed by atoms with van der Waals surface area (Å²) in [6.07, 6.45) is 0. The lowest BCUT2D eigenvalue weighted by Crippen LogP contribution is -2.14. The Morgan fingerprint density at radius 2 is 2.05 bits per heavy atom. The number of aryl methyl sites for hydroxylation is 1. The van der Waals surface area contributed by atoms with Crippen molar-refractivity contribution in [3.05, 3.63) is 57.0 Å². The Hall–Kier alpha value is -1.52. The van der Waals surface area contributed by atoms with Gasteiger partial charge in [0, 0.05) is 9.50 Å². The van der Waals surface area contributed by atoms with Gasteiger partial charge in [-0.3, -0.25) is 4.79 Å². The van der Waals surface area contributed by atoms with Crippen molar-refractivity contribution >= 4 is 44.8 Å².